The molecular formula is C19H30N6O. The molecule has 142 valence electrons. The molecule has 2 aromatic rings. The molecule has 1 amide bonds. The van der Waals surface area contributed by atoms with E-state index in [0.29, 0.717) is 6.42 Å². The molecule has 0 saturated carbocycles. The van der Waals surface area contributed by atoms with Gasteiger partial charge in [0.1, 0.15) is 0 Å². The third-order valence-electron chi connectivity index (χ3n) is 5.20. The summed E-state index contributed by atoms with van der Waals surface area (Å²) in [5.74, 6) is 0.0992. The molecule has 2 N–H and O–H groups in total. The maximum Gasteiger partial charge on any atom is 0.220 e. The second-order valence-corrected chi connectivity index (χ2v) is 8.18. The molecule has 3 heterocycles. The van der Waals surface area contributed by atoms with Crippen molar-refractivity contribution in [2.75, 3.05) is 0 Å². The van der Waals surface area contributed by atoms with E-state index in [0.717, 1.165) is 24.4 Å². The van der Waals surface area contributed by atoms with E-state index < -0.39 is 0 Å². The standard InChI is InChI=1S/C19H30N6O/c1-12-14(13(2)25(23-12)19(3,4)5)11-20-15-7-8-17(26)22-18(15)16-9-10-21-24(16)6/h9-10,15,18,20H,7-8,11H2,1-6H3,(H,22,26)/t15-,18-/m1/s1. The van der Waals surface area contributed by atoms with Crippen molar-refractivity contribution >= 4 is 5.91 Å². The average Bonchev–Trinajstić information content (AvgIpc) is 3.10. The summed E-state index contributed by atoms with van der Waals surface area (Å²) in [5.41, 5.74) is 4.47. The fourth-order valence-electron chi connectivity index (χ4n) is 3.81. The number of amides is 1. The molecule has 1 aliphatic rings. The summed E-state index contributed by atoms with van der Waals surface area (Å²) in [6.07, 6.45) is 3.13. The molecule has 2 aromatic heterocycles. The van der Waals surface area contributed by atoms with E-state index in [4.69, 9.17) is 5.10 Å². The van der Waals surface area contributed by atoms with Gasteiger partial charge >= 0.3 is 0 Å². The predicted molar refractivity (Wildman–Crippen MR) is 101 cm³/mol. The van der Waals surface area contributed by atoms with E-state index in [1.165, 1.54) is 11.3 Å². The first-order valence-corrected chi connectivity index (χ1v) is 9.24. The van der Waals surface area contributed by atoms with Crippen LogP contribution in [-0.2, 0) is 23.9 Å². The monoisotopic (exact) mass is 358 g/mol. The Kier molecular flexibility index (Phi) is 4.92. The molecule has 2 atom stereocenters. The maximum absolute atomic E-state index is 11.9. The van der Waals surface area contributed by atoms with Crippen LogP contribution in [0.3, 0.4) is 0 Å². The molecule has 0 aliphatic carbocycles. The first kappa shape index (κ1) is 18.6. The average molecular weight is 358 g/mol. The highest BCUT2D eigenvalue weighted by Gasteiger charge is 2.32. The van der Waals surface area contributed by atoms with Crippen LogP contribution in [0.15, 0.2) is 12.3 Å². The second kappa shape index (κ2) is 6.87. The van der Waals surface area contributed by atoms with Crippen molar-refractivity contribution in [3.63, 3.8) is 0 Å². The van der Waals surface area contributed by atoms with Crippen molar-refractivity contribution < 1.29 is 4.79 Å². The van der Waals surface area contributed by atoms with Gasteiger partial charge < -0.3 is 10.6 Å². The number of hydrogen-bond acceptors (Lipinski definition) is 4. The Morgan fingerprint density at radius 3 is 2.65 bits per heavy atom. The number of hydrogen-bond donors (Lipinski definition) is 2. The van der Waals surface area contributed by atoms with Gasteiger partial charge in [-0.05, 0) is 47.1 Å². The third kappa shape index (κ3) is 3.53. The number of carbonyl (C=O) groups excluding carboxylic acids is 1. The molecular weight excluding hydrogens is 328 g/mol. The van der Waals surface area contributed by atoms with Crippen molar-refractivity contribution in [3.8, 4) is 0 Å². The number of aromatic nitrogens is 4. The maximum atomic E-state index is 11.9. The summed E-state index contributed by atoms with van der Waals surface area (Å²) in [4.78, 5) is 11.9. The topological polar surface area (TPSA) is 76.8 Å². The van der Waals surface area contributed by atoms with E-state index >= 15 is 0 Å². The lowest BCUT2D eigenvalue weighted by atomic mass is 9.95. The van der Waals surface area contributed by atoms with E-state index in [9.17, 15) is 4.79 Å². The van der Waals surface area contributed by atoms with E-state index in [2.05, 4.69) is 55.0 Å². The van der Waals surface area contributed by atoms with Gasteiger partial charge in [-0.2, -0.15) is 10.2 Å². The van der Waals surface area contributed by atoms with Crippen LogP contribution in [0.5, 0.6) is 0 Å². The molecule has 0 aromatic carbocycles. The van der Waals surface area contributed by atoms with Gasteiger partial charge in [-0.3, -0.25) is 14.2 Å². The zero-order valence-electron chi connectivity index (χ0n) is 16.6. The number of piperidine rings is 1. The Hall–Kier alpha value is -2.15. The molecule has 0 bridgehead atoms. The summed E-state index contributed by atoms with van der Waals surface area (Å²) >= 11 is 0. The molecule has 0 radical (unpaired) electrons. The number of nitrogens with zero attached hydrogens (tertiary/aromatic N) is 4. The van der Waals surface area contributed by atoms with Crippen LogP contribution >= 0.6 is 0 Å². The third-order valence-corrected chi connectivity index (χ3v) is 5.20. The van der Waals surface area contributed by atoms with Gasteiger partial charge in [-0.15, -0.1) is 0 Å². The van der Waals surface area contributed by atoms with Crippen LogP contribution in [-0.4, -0.2) is 31.5 Å². The SMILES string of the molecule is Cc1nn(C(C)(C)C)c(C)c1CN[C@@H]1CCC(=O)N[C@H]1c1ccnn1C. The van der Waals surface area contributed by atoms with Crippen molar-refractivity contribution in [2.45, 2.75) is 71.6 Å². The summed E-state index contributed by atoms with van der Waals surface area (Å²) in [6.45, 7) is 11.4. The largest absolute Gasteiger partial charge is 0.346 e. The fourth-order valence-corrected chi connectivity index (χ4v) is 3.81. The molecule has 26 heavy (non-hydrogen) atoms. The Morgan fingerprint density at radius 1 is 1.35 bits per heavy atom. The van der Waals surface area contributed by atoms with Gasteiger partial charge in [-0.25, -0.2) is 0 Å². The molecule has 1 aliphatic heterocycles. The van der Waals surface area contributed by atoms with Gasteiger partial charge in [0.05, 0.1) is 23.0 Å². The lowest BCUT2D eigenvalue weighted by Crippen LogP contribution is -2.48. The normalized spacial score (nSPS) is 21.1. The summed E-state index contributed by atoms with van der Waals surface area (Å²) in [5, 5.41) is 15.8. The lowest BCUT2D eigenvalue weighted by Gasteiger charge is -2.33. The Balaban J connectivity index is 1.79. The van der Waals surface area contributed by atoms with Crippen LogP contribution < -0.4 is 10.6 Å². The van der Waals surface area contributed by atoms with Crippen molar-refractivity contribution in [3.05, 3.63) is 34.9 Å². The highest BCUT2D eigenvalue weighted by atomic mass is 16.1. The molecule has 0 unspecified atom stereocenters. The summed E-state index contributed by atoms with van der Waals surface area (Å²) in [7, 11) is 1.91. The molecule has 0 spiro atoms. The Labute approximate surface area is 155 Å². The number of aryl methyl sites for hydroxylation is 2. The quantitative estimate of drug-likeness (QED) is 0.877. The summed E-state index contributed by atoms with van der Waals surface area (Å²) in [6, 6.07) is 2.07. The Morgan fingerprint density at radius 2 is 2.08 bits per heavy atom. The minimum Gasteiger partial charge on any atom is -0.346 e. The number of rotatable bonds is 4. The van der Waals surface area contributed by atoms with E-state index in [-0.39, 0.29) is 23.5 Å². The molecule has 7 nitrogen and oxygen atoms in total. The fraction of sp³-hybridized carbons (Fsp3) is 0.632. The van der Waals surface area contributed by atoms with Crippen LogP contribution in [0.4, 0.5) is 0 Å². The minimum atomic E-state index is -0.0676. The minimum absolute atomic E-state index is 0.0385. The Bertz CT molecular complexity index is 798. The number of nitrogens with one attached hydrogen (secondary N) is 2. The van der Waals surface area contributed by atoms with Gasteiger partial charge in [0.2, 0.25) is 5.91 Å². The summed E-state index contributed by atoms with van der Waals surface area (Å²) < 4.78 is 3.93. The zero-order chi connectivity index (χ0) is 19.1. The second-order valence-electron chi connectivity index (χ2n) is 8.18. The number of carbonyl (C=O) groups is 1. The van der Waals surface area contributed by atoms with E-state index in [1.807, 2.05) is 17.8 Å². The first-order valence-electron chi connectivity index (χ1n) is 9.24. The first-order chi connectivity index (χ1) is 12.2. The zero-order valence-corrected chi connectivity index (χ0v) is 16.6. The van der Waals surface area contributed by atoms with Gasteiger partial charge in [0.25, 0.3) is 0 Å². The predicted octanol–water partition coefficient (Wildman–Crippen LogP) is 2.10. The highest BCUT2D eigenvalue weighted by molar-refractivity contribution is 5.77. The lowest BCUT2D eigenvalue weighted by molar-refractivity contribution is -0.124. The van der Waals surface area contributed by atoms with Crippen molar-refractivity contribution in [2.24, 2.45) is 7.05 Å². The van der Waals surface area contributed by atoms with Crippen LogP contribution in [0.2, 0.25) is 0 Å². The molecule has 3 rings (SSSR count). The highest BCUT2D eigenvalue weighted by Crippen LogP contribution is 2.26. The van der Waals surface area contributed by atoms with Crippen LogP contribution in [0, 0.1) is 13.8 Å². The smallest absolute Gasteiger partial charge is 0.220 e. The van der Waals surface area contributed by atoms with Crippen molar-refractivity contribution in [1.29, 1.82) is 0 Å². The van der Waals surface area contributed by atoms with Crippen LogP contribution in [0.1, 0.15) is 62.3 Å². The molecule has 7 heteroatoms. The van der Waals surface area contributed by atoms with Gasteiger partial charge in [0, 0.05) is 43.5 Å². The van der Waals surface area contributed by atoms with Crippen molar-refractivity contribution in [1.82, 2.24) is 30.2 Å². The van der Waals surface area contributed by atoms with Gasteiger partial charge in [-0.1, -0.05) is 0 Å². The van der Waals surface area contributed by atoms with E-state index in [1.54, 1.807) is 6.20 Å². The van der Waals surface area contributed by atoms with Gasteiger partial charge in [0.15, 0.2) is 0 Å². The van der Waals surface area contributed by atoms with Crippen LogP contribution in [0.25, 0.3) is 0 Å². The molecule has 1 fully saturated rings. The molecule has 1 saturated heterocycles.